The van der Waals surface area contributed by atoms with Crippen LogP contribution in [0.25, 0.3) is 10.2 Å². The lowest BCUT2D eigenvalue weighted by Crippen LogP contribution is -2.36. The highest BCUT2D eigenvalue weighted by atomic mass is 32.2. The van der Waals surface area contributed by atoms with Crippen LogP contribution in [0.4, 0.5) is 0 Å². The average Bonchev–Trinajstić information content (AvgIpc) is 2.89. The highest BCUT2D eigenvalue weighted by Gasteiger charge is 2.17. The normalized spacial score (nSPS) is 13.7. The molecule has 2 N–H and O–H groups in total. The zero-order chi connectivity index (χ0) is 19.3. The van der Waals surface area contributed by atoms with Gasteiger partial charge in [0.1, 0.15) is 4.83 Å². The van der Waals surface area contributed by atoms with Crippen LogP contribution in [0.3, 0.4) is 0 Å². The maximum absolute atomic E-state index is 12.6. The number of rotatable bonds is 9. The maximum atomic E-state index is 12.6. The number of nitrogens with one attached hydrogen (secondary N) is 2. The van der Waals surface area contributed by atoms with Crippen molar-refractivity contribution in [1.29, 1.82) is 0 Å². The summed E-state index contributed by atoms with van der Waals surface area (Å²) in [5.41, 5.74) is 0.990. The van der Waals surface area contributed by atoms with E-state index in [9.17, 15) is 9.59 Å². The van der Waals surface area contributed by atoms with E-state index >= 15 is 0 Å². The number of hydrogen-bond donors (Lipinski definition) is 2. The van der Waals surface area contributed by atoms with Gasteiger partial charge in [-0.15, -0.1) is 11.3 Å². The van der Waals surface area contributed by atoms with Crippen LogP contribution < -0.4 is 10.9 Å². The molecule has 0 fully saturated rings. The van der Waals surface area contributed by atoms with Crippen LogP contribution in [0.2, 0.25) is 0 Å². The summed E-state index contributed by atoms with van der Waals surface area (Å²) in [5.74, 6) is 0.618. The molecule has 6 nitrogen and oxygen atoms in total. The van der Waals surface area contributed by atoms with E-state index in [4.69, 9.17) is 4.74 Å². The summed E-state index contributed by atoms with van der Waals surface area (Å²) in [4.78, 5) is 33.8. The Hall–Kier alpha value is -1.38. The number of hydrogen-bond acceptors (Lipinski definition) is 6. The molecule has 2 aromatic rings. The topological polar surface area (TPSA) is 84.1 Å². The molecular formula is C18H27N3O3S2. The smallest absolute Gasteiger partial charge is 0.260 e. The van der Waals surface area contributed by atoms with Gasteiger partial charge in [-0.05, 0) is 31.7 Å². The number of methoxy groups -OCH3 is 1. The van der Waals surface area contributed by atoms with Crippen molar-refractivity contribution < 1.29 is 9.53 Å². The Morgan fingerprint density at radius 2 is 2.15 bits per heavy atom. The molecule has 0 saturated carbocycles. The SMILES string of the molecule is CCC(C)Cc1c(C)sc2nc(SCC(=O)NC(C)COC)[nH]c(=O)c12. The Bertz CT molecular complexity index is 816. The third-order valence-electron chi connectivity index (χ3n) is 4.25. The fraction of sp³-hybridized carbons (Fsp3) is 0.611. The Kier molecular flexibility index (Phi) is 7.67. The fourth-order valence-electron chi connectivity index (χ4n) is 2.70. The Labute approximate surface area is 162 Å². The van der Waals surface area contributed by atoms with Gasteiger partial charge < -0.3 is 15.0 Å². The van der Waals surface area contributed by atoms with Gasteiger partial charge in [0, 0.05) is 18.0 Å². The van der Waals surface area contributed by atoms with Gasteiger partial charge in [-0.1, -0.05) is 32.0 Å². The highest BCUT2D eigenvalue weighted by Crippen LogP contribution is 2.30. The summed E-state index contributed by atoms with van der Waals surface area (Å²) in [6, 6.07) is -0.0503. The van der Waals surface area contributed by atoms with E-state index in [1.165, 1.54) is 11.8 Å². The minimum atomic E-state index is -0.117. The van der Waals surface area contributed by atoms with Crippen molar-refractivity contribution in [2.24, 2.45) is 5.92 Å². The molecule has 0 bridgehead atoms. The first-order valence-corrected chi connectivity index (χ1v) is 10.6. The van der Waals surface area contributed by atoms with Crippen molar-refractivity contribution >= 4 is 39.2 Å². The van der Waals surface area contributed by atoms with Crippen molar-refractivity contribution in [3.05, 3.63) is 20.8 Å². The quantitative estimate of drug-likeness (QED) is 0.502. The van der Waals surface area contributed by atoms with Gasteiger partial charge in [0.15, 0.2) is 5.16 Å². The predicted molar refractivity (Wildman–Crippen MR) is 108 cm³/mol. The van der Waals surface area contributed by atoms with E-state index in [-0.39, 0.29) is 23.3 Å². The number of amides is 1. The van der Waals surface area contributed by atoms with Crippen LogP contribution in [0, 0.1) is 12.8 Å². The van der Waals surface area contributed by atoms with Crippen LogP contribution in [0.15, 0.2) is 9.95 Å². The molecular weight excluding hydrogens is 370 g/mol. The molecule has 2 rings (SSSR count). The molecule has 2 aromatic heterocycles. The van der Waals surface area contributed by atoms with Crippen LogP contribution >= 0.6 is 23.1 Å². The van der Waals surface area contributed by atoms with Gasteiger partial charge in [0.05, 0.1) is 17.7 Å². The maximum Gasteiger partial charge on any atom is 0.260 e. The van der Waals surface area contributed by atoms with E-state index in [0.717, 1.165) is 28.1 Å². The van der Waals surface area contributed by atoms with Crippen molar-refractivity contribution in [2.75, 3.05) is 19.5 Å². The minimum absolute atomic E-state index is 0.0503. The van der Waals surface area contributed by atoms with Crippen molar-refractivity contribution in [3.8, 4) is 0 Å². The molecule has 0 radical (unpaired) electrons. The van der Waals surface area contributed by atoms with E-state index in [0.29, 0.717) is 23.1 Å². The number of fused-ring (bicyclic) bond motifs is 1. The lowest BCUT2D eigenvalue weighted by atomic mass is 9.98. The van der Waals surface area contributed by atoms with E-state index < -0.39 is 0 Å². The highest BCUT2D eigenvalue weighted by molar-refractivity contribution is 7.99. The average molecular weight is 398 g/mol. The molecule has 2 heterocycles. The van der Waals surface area contributed by atoms with Gasteiger partial charge in [0.2, 0.25) is 5.91 Å². The second-order valence-electron chi connectivity index (χ2n) is 6.62. The third-order valence-corrected chi connectivity index (χ3v) is 6.17. The van der Waals surface area contributed by atoms with Crippen molar-refractivity contribution in [3.63, 3.8) is 0 Å². The second kappa shape index (κ2) is 9.53. The van der Waals surface area contributed by atoms with Gasteiger partial charge in [0.25, 0.3) is 5.56 Å². The summed E-state index contributed by atoms with van der Waals surface area (Å²) in [6.45, 7) is 8.74. The Morgan fingerprint density at radius 3 is 2.81 bits per heavy atom. The van der Waals surface area contributed by atoms with Crippen LogP contribution in [-0.4, -0.2) is 41.4 Å². The number of aromatic amines is 1. The van der Waals surface area contributed by atoms with Crippen LogP contribution in [-0.2, 0) is 16.0 Å². The molecule has 26 heavy (non-hydrogen) atoms. The molecule has 0 aliphatic carbocycles. The lowest BCUT2D eigenvalue weighted by Gasteiger charge is -2.12. The number of ether oxygens (including phenoxy) is 1. The standard InChI is InChI=1S/C18H27N3O3S2/c1-6-10(2)7-13-12(4)26-17-15(13)16(23)20-18(21-17)25-9-14(22)19-11(3)8-24-5/h10-11H,6-9H2,1-5H3,(H,19,22)(H,20,21,23). The summed E-state index contributed by atoms with van der Waals surface area (Å²) < 4.78 is 5.00. The monoisotopic (exact) mass is 397 g/mol. The number of aromatic nitrogens is 2. The van der Waals surface area contributed by atoms with Crippen LogP contribution in [0.5, 0.6) is 0 Å². The molecule has 0 saturated heterocycles. The molecule has 8 heteroatoms. The number of aryl methyl sites for hydroxylation is 1. The van der Waals surface area contributed by atoms with Crippen molar-refractivity contribution in [2.45, 2.75) is 51.7 Å². The fourth-order valence-corrected chi connectivity index (χ4v) is 4.49. The summed E-state index contributed by atoms with van der Waals surface area (Å²) in [6.07, 6.45) is 1.96. The number of nitrogens with zero attached hydrogens (tertiary/aromatic N) is 1. The predicted octanol–water partition coefficient (Wildman–Crippen LogP) is 3.12. The van der Waals surface area contributed by atoms with Gasteiger partial charge in [-0.3, -0.25) is 9.59 Å². The van der Waals surface area contributed by atoms with E-state index in [2.05, 4.69) is 29.1 Å². The first kappa shape index (κ1) is 20.9. The van der Waals surface area contributed by atoms with Crippen molar-refractivity contribution in [1.82, 2.24) is 15.3 Å². The summed E-state index contributed by atoms with van der Waals surface area (Å²) >= 11 is 2.79. The molecule has 144 valence electrons. The molecule has 1 amide bonds. The Balaban J connectivity index is 2.14. The van der Waals surface area contributed by atoms with E-state index in [1.807, 2.05) is 13.8 Å². The second-order valence-corrected chi connectivity index (χ2v) is 8.79. The molecule has 0 aromatic carbocycles. The van der Waals surface area contributed by atoms with Gasteiger partial charge >= 0.3 is 0 Å². The summed E-state index contributed by atoms with van der Waals surface area (Å²) in [7, 11) is 1.60. The molecule has 0 aliphatic heterocycles. The number of H-pyrrole nitrogens is 1. The van der Waals surface area contributed by atoms with Crippen LogP contribution in [0.1, 0.15) is 37.6 Å². The molecule has 0 aliphatic rings. The largest absolute Gasteiger partial charge is 0.383 e. The van der Waals surface area contributed by atoms with E-state index in [1.54, 1.807) is 18.4 Å². The lowest BCUT2D eigenvalue weighted by molar-refractivity contribution is -0.119. The minimum Gasteiger partial charge on any atom is -0.383 e. The third kappa shape index (κ3) is 5.31. The zero-order valence-corrected chi connectivity index (χ0v) is 17.6. The van der Waals surface area contributed by atoms with Gasteiger partial charge in [-0.25, -0.2) is 4.98 Å². The number of carbonyl (C=O) groups is 1. The number of thiophene rings is 1. The summed E-state index contributed by atoms with van der Waals surface area (Å²) in [5, 5.41) is 4.03. The Morgan fingerprint density at radius 1 is 1.42 bits per heavy atom. The number of thioether (sulfide) groups is 1. The zero-order valence-electron chi connectivity index (χ0n) is 16.0. The molecule has 2 atom stereocenters. The molecule has 2 unspecified atom stereocenters. The molecule has 0 spiro atoms. The first-order valence-electron chi connectivity index (χ1n) is 8.79. The first-order chi connectivity index (χ1) is 12.3. The number of carbonyl (C=O) groups excluding carboxylic acids is 1. The van der Waals surface area contributed by atoms with Gasteiger partial charge in [-0.2, -0.15) is 0 Å².